The van der Waals surface area contributed by atoms with Crippen molar-refractivity contribution < 1.29 is 4.79 Å². The van der Waals surface area contributed by atoms with Crippen molar-refractivity contribution in [2.75, 3.05) is 13.1 Å². The van der Waals surface area contributed by atoms with Gasteiger partial charge in [0.2, 0.25) is 0 Å². The molecule has 5 heteroatoms. The molecule has 0 saturated carbocycles. The Morgan fingerprint density at radius 2 is 2.13 bits per heavy atom. The van der Waals surface area contributed by atoms with Crippen molar-refractivity contribution in [2.45, 2.75) is 25.7 Å². The van der Waals surface area contributed by atoms with Gasteiger partial charge in [-0.15, -0.1) is 11.3 Å². The maximum absolute atomic E-state index is 12.7. The lowest BCUT2D eigenvalue weighted by molar-refractivity contribution is 0.0713. The number of hydrogen-bond donors (Lipinski definition) is 0. The van der Waals surface area contributed by atoms with E-state index in [9.17, 15) is 4.79 Å². The first kappa shape index (κ1) is 14.5. The molecule has 0 aliphatic carbocycles. The highest BCUT2D eigenvalue weighted by Gasteiger charge is 2.26. The Morgan fingerprint density at radius 3 is 2.83 bits per heavy atom. The van der Waals surface area contributed by atoms with Gasteiger partial charge in [-0.3, -0.25) is 4.79 Å². The molecule has 0 unspecified atom stereocenters. The van der Waals surface area contributed by atoms with Gasteiger partial charge in [-0.25, -0.2) is 4.98 Å². The van der Waals surface area contributed by atoms with Gasteiger partial charge in [0.15, 0.2) is 0 Å². The lowest BCUT2D eigenvalue weighted by Crippen LogP contribution is -2.37. The number of aromatic nitrogens is 2. The van der Waals surface area contributed by atoms with Crippen molar-refractivity contribution in [1.82, 2.24) is 14.3 Å². The quantitative estimate of drug-likeness (QED) is 0.720. The van der Waals surface area contributed by atoms with Crippen molar-refractivity contribution >= 4 is 22.8 Å². The minimum atomic E-state index is 0.141. The summed E-state index contributed by atoms with van der Waals surface area (Å²) in [5, 5.41) is 3.34. The number of rotatable bonds is 2. The summed E-state index contributed by atoms with van der Waals surface area (Å²) < 4.78 is 2.00. The fraction of sp³-hybridized carbons (Fsp3) is 0.333. The number of thiazole rings is 1. The van der Waals surface area contributed by atoms with E-state index in [-0.39, 0.29) is 5.91 Å². The molecule has 0 aromatic carbocycles. The summed E-state index contributed by atoms with van der Waals surface area (Å²) in [6, 6.07) is 7.96. The first-order chi connectivity index (χ1) is 11.2. The zero-order chi connectivity index (χ0) is 15.8. The molecule has 3 aromatic heterocycles. The van der Waals surface area contributed by atoms with Gasteiger partial charge in [0.05, 0.1) is 10.6 Å². The minimum Gasteiger partial charge on any atom is -0.339 e. The molecule has 1 amide bonds. The first-order valence-corrected chi connectivity index (χ1v) is 8.87. The highest BCUT2D eigenvalue weighted by atomic mass is 32.1. The molecule has 4 rings (SSSR count). The Balaban J connectivity index is 1.46. The number of pyridine rings is 1. The first-order valence-electron chi connectivity index (χ1n) is 7.99. The van der Waals surface area contributed by atoms with Gasteiger partial charge in [0, 0.05) is 48.0 Å². The van der Waals surface area contributed by atoms with E-state index in [1.165, 1.54) is 5.01 Å². The number of carbonyl (C=O) groups is 1. The second kappa shape index (κ2) is 5.81. The van der Waals surface area contributed by atoms with Crippen LogP contribution in [0.15, 0.2) is 42.0 Å². The highest BCUT2D eigenvalue weighted by molar-refractivity contribution is 7.09. The van der Waals surface area contributed by atoms with Gasteiger partial charge in [-0.2, -0.15) is 0 Å². The van der Waals surface area contributed by atoms with Crippen LogP contribution in [-0.4, -0.2) is 33.3 Å². The van der Waals surface area contributed by atoms with Crippen molar-refractivity contribution in [3.63, 3.8) is 0 Å². The Morgan fingerprint density at radius 1 is 1.30 bits per heavy atom. The molecule has 23 heavy (non-hydrogen) atoms. The third-order valence-electron chi connectivity index (χ3n) is 4.52. The van der Waals surface area contributed by atoms with Gasteiger partial charge in [0.25, 0.3) is 5.91 Å². The summed E-state index contributed by atoms with van der Waals surface area (Å²) in [6.45, 7) is 3.67. The maximum Gasteiger partial charge on any atom is 0.255 e. The van der Waals surface area contributed by atoms with Gasteiger partial charge in [-0.05, 0) is 38.0 Å². The Labute approximate surface area is 139 Å². The van der Waals surface area contributed by atoms with E-state index in [1.807, 2.05) is 52.9 Å². The third kappa shape index (κ3) is 2.77. The number of piperidine rings is 1. The topological polar surface area (TPSA) is 37.6 Å². The number of hydrogen-bond acceptors (Lipinski definition) is 3. The Hall–Kier alpha value is -2.14. The van der Waals surface area contributed by atoms with Crippen molar-refractivity contribution in [3.8, 4) is 0 Å². The average Bonchev–Trinajstić information content (AvgIpc) is 3.20. The summed E-state index contributed by atoms with van der Waals surface area (Å²) in [7, 11) is 0. The van der Waals surface area contributed by atoms with Gasteiger partial charge in [0.1, 0.15) is 0 Å². The van der Waals surface area contributed by atoms with Crippen LogP contribution in [0.4, 0.5) is 0 Å². The summed E-state index contributed by atoms with van der Waals surface area (Å²) in [4.78, 5) is 19.3. The van der Waals surface area contributed by atoms with Gasteiger partial charge >= 0.3 is 0 Å². The zero-order valence-corrected chi connectivity index (χ0v) is 13.9. The fourth-order valence-corrected chi connectivity index (χ4v) is 4.21. The summed E-state index contributed by atoms with van der Waals surface area (Å²) in [5.74, 6) is 0.647. The summed E-state index contributed by atoms with van der Waals surface area (Å²) in [5.41, 5.74) is 2.94. The molecular weight excluding hydrogens is 306 g/mol. The van der Waals surface area contributed by atoms with Crippen LogP contribution in [0.3, 0.4) is 0 Å². The smallest absolute Gasteiger partial charge is 0.255 e. The molecule has 4 nitrogen and oxygen atoms in total. The molecular formula is C18H19N3OS. The van der Waals surface area contributed by atoms with Crippen LogP contribution in [0.5, 0.6) is 0 Å². The monoisotopic (exact) mass is 325 g/mol. The summed E-state index contributed by atoms with van der Waals surface area (Å²) >= 11 is 1.75. The molecule has 1 saturated heterocycles. The van der Waals surface area contributed by atoms with Crippen LogP contribution in [0, 0.1) is 6.92 Å². The van der Waals surface area contributed by atoms with Crippen LogP contribution in [0.25, 0.3) is 5.52 Å². The number of amides is 1. The summed E-state index contributed by atoms with van der Waals surface area (Å²) in [6.07, 6.45) is 5.91. The third-order valence-corrected chi connectivity index (χ3v) is 5.64. The van der Waals surface area contributed by atoms with Crippen molar-refractivity contribution in [1.29, 1.82) is 0 Å². The highest BCUT2D eigenvalue weighted by Crippen LogP contribution is 2.30. The van der Waals surface area contributed by atoms with Gasteiger partial charge in [-0.1, -0.05) is 6.07 Å². The molecule has 0 atom stereocenters. The van der Waals surface area contributed by atoms with Crippen LogP contribution in [-0.2, 0) is 0 Å². The maximum atomic E-state index is 12.7. The van der Waals surface area contributed by atoms with Crippen LogP contribution in [0.2, 0.25) is 0 Å². The van der Waals surface area contributed by atoms with Crippen molar-refractivity contribution in [2.24, 2.45) is 0 Å². The normalized spacial score (nSPS) is 16.1. The SMILES string of the molecule is Cc1csc(C2CCN(C(=O)c3cc4ccccn4c3)CC2)n1. The molecule has 0 N–H and O–H groups in total. The van der Waals surface area contributed by atoms with E-state index in [1.54, 1.807) is 11.3 Å². The molecule has 0 radical (unpaired) electrons. The Kier molecular flexibility index (Phi) is 3.65. The van der Waals surface area contributed by atoms with Crippen LogP contribution in [0.1, 0.15) is 39.8 Å². The number of aryl methyl sites for hydroxylation is 1. The standard InChI is InChI=1S/C18H19N3OS/c1-13-12-23-17(19-13)14-5-8-20(9-6-14)18(22)15-10-16-4-2-3-7-21(16)11-15/h2-4,7,10-12,14H,5-6,8-9H2,1H3. The van der Waals surface area contributed by atoms with E-state index in [0.29, 0.717) is 5.92 Å². The predicted octanol–water partition coefficient (Wildman–Crippen LogP) is 3.72. The minimum absolute atomic E-state index is 0.141. The number of likely N-dealkylation sites (tertiary alicyclic amines) is 1. The molecule has 3 aromatic rings. The Bertz CT molecular complexity index is 810. The predicted molar refractivity (Wildman–Crippen MR) is 92.1 cm³/mol. The molecule has 0 spiro atoms. The second-order valence-corrected chi connectivity index (χ2v) is 7.04. The van der Waals surface area contributed by atoms with Crippen LogP contribution < -0.4 is 0 Å². The average molecular weight is 325 g/mol. The molecule has 1 aliphatic rings. The molecule has 1 aliphatic heterocycles. The molecule has 118 valence electrons. The lowest BCUT2D eigenvalue weighted by Gasteiger charge is -2.30. The molecule has 0 bridgehead atoms. The largest absolute Gasteiger partial charge is 0.339 e. The number of carbonyl (C=O) groups excluding carboxylic acids is 1. The van der Waals surface area contributed by atoms with E-state index in [2.05, 4.69) is 10.4 Å². The molecule has 1 fully saturated rings. The molecule has 4 heterocycles. The number of nitrogens with zero attached hydrogens (tertiary/aromatic N) is 3. The lowest BCUT2D eigenvalue weighted by atomic mass is 9.97. The number of fused-ring (bicyclic) bond motifs is 1. The van der Waals surface area contributed by atoms with E-state index in [0.717, 1.165) is 42.7 Å². The van der Waals surface area contributed by atoms with E-state index in [4.69, 9.17) is 0 Å². The van der Waals surface area contributed by atoms with E-state index >= 15 is 0 Å². The fourth-order valence-electron chi connectivity index (χ4n) is 3.24. The van der Waals surface area contributed by atoms with Gasteiger partial charge < -0.3 is 9.30 Å². The second-order valence-electron chi connectivity index (χ2n) is 6.16. The zero-order valence-electron chi connectivity index (χ0n) is 13.1. The van der Waals surface area contributed by atoms with E-state index < -0.39 is 0 Å². The van der Waals surface area contributed by atoms with Crippen LogP contribution >= 0.6 is 11.3 Å². The van der Waals surface area contributed by atoms with Crippen molar-refractivity contribution in [3.05, 3.63) is 58.3 Å².